The van der Waals surface area contributed by atoms with Crippen LogP contribution in [0.5, 0.6) is 0 Å². The molecule has 1 aliphatic rings. The highest BCUT2D eigenvalue weighted by Crippen LogP contribution is 2.30. The highest BCUT2D eigenvalue weighted by atomic mass is 32.2. The second-order valence-corrected chi connectivity index (χ2v) is 7.76. The molecule has 1 heterocycles. The van der Waals surface area contributed by atoms with Gasteiger partial charge in [-0.2, -0.15) is 0 Å². The predicted octanol–water partition coefficient (Wildman–Crippen LogP) is 4.79. The topological polar surface area (TPSA) is 46.9 Å². The Kier molecular flexibility index (Phi) is 5.30. The van der Waals surface area contributed by atoms with E-state index < -0.39 is 0 Å². The number of nitrogens with zero attached hydrogens (tertiary/aromatic N) is 2. The van der Waals surface area contributed by atoms with Crippen LogP contribution in [0.1, 0.15) is 29.8 Å². The second kappa shape index (κ2) is 8.01. The molecule has 2 aromatic carbocycles. The Morgan fingerprint density at radius 1 is 1.07 bits per heavy atom. The van der Waals surface area contributed by atoms with Crippen molar-refractivity contribution in [2.24, 2.45) is 0 Å². The summed E-state index contributed by atoms with van der Waals surface area (Å²) in [5, 5.41) is 3.91. The number of fused-ring (bicyclic) bond motifs is 1. The molecule has 27 heavy (non-hydrogen) atoms. The van der Waals surface area contributed by atoms with E-state index >= 15 is 0 Å². The van der Waals surface area contributed by atoms with E-state index in [4.69, 9.17) is 4.98 Å². The van der Waals surface area contributed by atoms with Gasteiger partial charge in [-0.1, -0.05) is 48.2 Å². The predicted molar refractivity (Wildman–Crippen MR) is 111 cm³/mol. The molecule has 0 radical (unpaired) electrons. The lowest BCUT2D eigenvalue weighted by Crippen LogP contribution is -2.15. The minimum atomic E-state index is -0.00474. The monoisotopic (exact) mass is 377 g/mol. The average Bonchev–Trinajstić information content (AvgIpc) is 3.07. The minimum Gasteiger partial charge on any atom is -0.325 e. The van der Waals surface area contributed by atoms with E-state index in [1.807, 2.05) is 49.4 Å². The van der Waals surface area contributed by atoms with Gasteiger partial charge in [0.05, 0.1) is 11.4 Å². The molecule has 1 aromatic heterocycles. The van der Waals surface area contributed by atoms with Crippen LogP contribution in [0, 0.1) is 6.92 Å². The van der Waals surface area contributed by atoms with E-state index in [-0.39, 0.29) is 5.91 Å². The van der Waals surface area contributed by atoms with Crippen molar-refractivity contribution in [3.8, 4) is 5.69 Å². The minimum absolute atomic E-state index is 0.00474. The van der Waals surface area contributed by atoms with Gasteiger partial charge in [0.1, 0.15) is 0 Å². The van der Waals surface area contributed by atoms with Gasteiger partial charge in [0.25, 0.3) is 0 Å². The molecule has 5 heteroatoms. The zero-order valence-corrected chi connectivity index (χ0v) is 16.3. The molecule has 0 spiro atoms. The first-order valence-electron chi connectivity index (χ1n) is 9.36. The SMILES string of the molecule is Cc1ccccc1NC(=O)CSc1nc2c(n1-c1ccccc1)CCCC2. The first kappa shape index (κ1) is 17.9. The molecule has 1 aliphatic carbocycles. The van der Waals surface area contributed by atoms with Gasteiger partial charge in [-0.3, -0.25) is 9.36 Å². The van der Waals surface area contributed by atoms with Gasteiger partial charge in [-0.15, -0.1) is 0 Å². The van der Waals surface area contributed by atoms with Gasteiger partial charge in [0.2, 0.25) is 5.91 Å². The lowest BCUT2D eigenvalue weighted by Gasteiger charge is -2.15. The van der Waals surface area contributed by atoms with Gasteiger partial charge < -0.3 is 5.32 Å². The second-order valence-electron chi connectivity index (χ2n) is 6.82. The molecule has 0 atom stereocenters. The highest BCUT2D eigenvalue weighted by Gasteiger charge is 2.21. The summed E-state index contributed by atoms with van der Waals surface area (Å²) in [7, 11) is 0. The highest BCUT2D eigenvalue weighted by molar-refractivity contribution is 7.99. The number of hydrogen-bond acceptors (Lipinski definition) is 3. The molecule has 1 N–H and O–H groups in total. The molecule has 0 unspecified atom stereocenters. The molecule has 1 amide bonds. The number of amides is 1. The maximum absolute atomic E-state index is 12.5. The van der Waals surface area contributed by atoms with Gasteiger partial charge in [0.15, 0.2) is 5.16 Å². The summed E-state index contributed by atoms with van der Waals surface area (Å²) in [6.45, 7) is 2.00. The number of anilines is 1. The first-order chi connectivity index (χ1) is 13.2. The fourth-order valence-electron chi connectivity index (χ4n) is 3.49. The van der Waals surface area contributed by atoms with Crippen LogP contribution >= 0.6 is 11.8 Å². The van der Waals surface area contributed by atoms with Crippen LogP contribution in [-0.4, -0.2) is 21.2 Å². The van der Waals surface area contributed by atoms with Crippen molar-refractivity contribution in [3.63, 3.8) is 0 Å². The molecule has 4 nitrogen and oxygen atoms in total. The number of aromatic nitrogens is 2. The van der Waals surface area contributed by atoms with E-state index in [1.54, 1.807) is 0 Å². The zero-order chi connectivity index (χ0) is 18.6. The lowest BCUT2D eigenvalue weighted by molar-refractivity contribution is -0.113. The van der Waals surface area contributed by atoms with Crippen LogP contribution in [0.3, 0.4) is 0 Å². The number of nitrogens with one attached hydrogen (secondary N) is 1. The van der Waals surface area contributed by atoms with Crippen molar-refractivity contribution in [1.29, 1.82) is 0 Å². The number of thioether (sulfide) groups is 1. The van der Waals surface area contributed by atoms with Crippen molar-refractivity contribution in [3.05, 3.63) is 71.5 Å². The molecule has 0 fully saturated rings. The molecule has 3 aromatic rings. The van der Waals surface area contributed by atoms with Gasteiger partial charge in [-0.05, 0) is 56.4 Å². The molecular weight excluding hydrogens is 354 g/mol. The van der Waals surface area contributed by atoms with Gasteiger partial charge in [-0.25, -0.2) is 4.98 Å². The molecule has 138 valence electrons. The standard InChI is InChI=1S/C22H23N3OS/c1-16-9-5-6-12-18(16)23-21(26)15-27-22-24-19-13-7-8-14-20(19)25(22)17-10-3-2-4-11-17/h2-6,9-12H,7-8,13-15H2,1H3,(H,23,26). The third-order valence-corrected chi connectivity index (χ3v) is 5.81. The van der Waals surface area contributed by atoms with Crippen molar-refractivity contribution in [2.45, 2.75) is 37.8 Å². The lowest BCUT2D eigenvalue weighted by atomic mass is 10.0. The quantitative estimate of drug-likeness (QED) is 0.650. The van der Waals surface area contributed by atoms with E-state index in [1.165, 1.54) is 36.0 Å². The summed E-state index contributed by atoms with van der Waals surface area (Å²) >= 11 is 1.51. The van der Waals surface area contributed by atoms with Crippen molar-refractivity contribution in [1.82, 2.24) is 9.55 Å². The van der Waals surface area contributed by atoms with Crippen molar-refractivity contribution in [2.75, 3.05) is 11.1 Å². The van der Waals surface area contributed by atoms with E-state index in [9.17, 15) is 4.79 Å². The maximum atomic E-state index is 12.5. The molecule has 4 rings (SSSR count). The summed E-state index contributed by atoms with van der Waals surface area (Å²) in [6, 6.07) is 18.2. The Morgan fingerprint density at radius 3 is 2.63 bits per heavy atom. The van der Waals surface area contributed by atoms with Crippen LogP contribution in [0.25, 0.3) is 5.69 Å². The number of carbonyl (C=O) groups excluding carboxylic acids is 1. The maximum Gasteiger partial charge on any atom is 0.234 e. The van der Waals surface area contributed by atoms with Crippen LogP contribution < -0.4 is 5.32 Å². The number of carbonyl (C=O) groups is 1. The molecule has 0 saturated heterocycles. The van der Waals surface area contributed by atoms with Crippen LogP contribution in [-0.2, 0) is 17.6 Å². The van der Waals surface area contributed by atoms with Crippen LogP contribution in [0.4, 0.5) is 5.69 Å². The Bertz CT molecular complexity index is 949. The average molecular weight is 378 g/mol. The number of rotatable bonds is 5. The molecule has 0 saturated carbocycles. The third kappa shape index (κ3) is 3.93. The summed E-state index contributed by atoms with van der Waals surface area (Å²) in [6.07, 6.45) is 4.46. The summed E-state index contributed by atoms with van der Waals surface area (Å²) < 4.78 is 2.24. The van der Waals surface area contributed by atoms with Crippen LogP contribution in [0.2, 0.25) is 0 Å². The van der Waals surface area contributed by atoms with E-state index in [2.05, 4.69) is 22.0 Å². The van der Waals surface area contributed by atoms with Gasteiger partial charge >= 0.3 is 0 Å². The zero-order valence-electron chi connectivity index (χ0n) is 15.4. The molecule has 0 bridgehead atoms. The van der Waals surface area contributed by atoms with Crippen molar-refractivity contribution < 1.29 is 4.79 Å². The summed E-state index contributed by atoms with van der Waals surface area (Å²) in [5.74, 6) is 0.340. The fourth-order valence-corrected chi connectivity index (χ4v) is 4.34. The van der Waals surface area contributed by atoms with E-state index in [0.717, 1.165) is 34.9 Å². The number of hydrogen-bond donors (Lipinski definition) is 1. The van der Waals surface area contributed by atoms with Crippen molar-refractivity contribution >= 4 is 23.4 Å². The molecular formula is C22H23N3OS. The Hall–Kier alpha value is -2.53. The molecule has 0 aliphatic heterocycles. The fraction of sp³-hybridized carbons (Fsp3) is 0.273. The number of benzene rings is 2. The Labute approximate surface area is 164 Å². The van der Waals surface area contributed by atoms with E-state index in [0.29, 0.717) is 5.75 Å². The Morgan fingerprint density at radius 2 is 1.81 bits per heavy atom. The van der Waals surface area contributed by atoms with Gasteiger partial charge in [0, 0.05) is 17.1 Å². The smallest absolute Gasteiger partial charge is 0.234 e. The number of para-hydroxylation sites is 2. The third-order valence-electron chi connectivity index (χ3n) is 4.87. The Balaban J connectivity index is 1.54. The summed E-state index contributed by atoms with van der Waals surface area (Å²) in [4.78, 5) is 17.3. The number of aryl methyl sites for hydroxylation is 2. The van der Waals surface area contributed by atoms with Crippen LogP contribution in [0.15, 0.2) is 59.8 Å². The normalized spacial score (nSPS) is 13.2. The largest absolute Gasteiger partial charge is 0.325 e. The first-order valence-corrected chi connectivity index (χ1v) is 10.3. The summed E-state index contributed by atoms with van der Waals surface area (Å²) in [5.41, 5.74) is 5.54. The number of imidazole rings is 1.